The van der Waals surface area contributed by atoms with Gasteiger partial charge in [0.15, 0.2) is 0 Å². The van der Waals surface area contributed by atoms with Crippen LogP contribution >= 0.6 is 12.6 Å². The highest BCUT2D eigenvalue weighted by atomic mass is 32.1. The van der Waals surface area contributed by atoms with Gasteiger partial charge in [-0.3, -0.25) is 0 Å². The number of hydrogen-bond donors (Lipinski definition) is 2. The highest BCUT2D eigenvalue weighted by molar-refractivity contribution is 7.80. The van der Waals surface area contributed by atoms with E-state index in [-0.39, 0.29) is 0 Å². The largest absolute Gasteiger partial charge is 0.444 e. The van der Waals surface area contributed by atoms with Gasteiger partial charge in [0, 0.05) is 7.11 Å². The van der Waals surface area contributed by atoms with Crippen molar-refractivity contribution in [3.05, 3.63) is 35.4 Å². The van der Waals surface area contributed by atoms with Crippen LogP contribution in [0.4, 0.5) is 4.79 Å². The van der Waals surface area contributed by atoms with Crippen molar-refractivity contribution in [1.82, 2.24) is 5.32 Å². The monoisotopic (exact) mass is 283 g/mol. The summed E-state index contributed by atoms with van der Waals surface area (Å²) in [6, 6.07) is 7.71. The molecule has 5 heteroatoms. The van der Waals surface area contributed by atoms with Crippen LogP contribution in [0.1, 0.15) is 37.3 Å². The van der Waals surface area contributed by atoms with Crippen molar-refractivity contribution >= 4 is 18.7 Å². The molecule has 0 aliphatic rings. The first kappa shape index (κ1) is 15.9. The minimum absolute atomic E-state index is 0.411. The lowest BCUT2D eigenvalue weighted by Crippen LogP contribution is -2.33. The Morgan fingerprint density at radius 2 is 2.11 bits per heavy atom. The zero-order chi connectivity index (χ0) is 14.5. The first-order chi connectivity index (χ1) is 8.81. The lowest BCUT2D eigenvalue weighted by Gasteiger charge is -2.22. The summed E-state index contributed by atoms with van der Waals surface area (Å²) in [6.07, 6.45) is -0.482. The Bertz CT molecular complexity index is 429. The van der Waals surface area contributed by atoms with Crippen molar-refractivity contribution in [3.8, 4) is 0 Å². The van der Waals surface area contributed by atoms with E-state index in [4.69, 9.17) is 9.47 Å². The Hall–Kier alpha value is -1.20. The second kappa shape index (κ2) is 6.82. The maximum Gasteiger partial charge on any atom is 0.408 e. The Labute approximate surface area is 119 Å². The Morgan fingerprint density at radius 3 is 2.68 bits per heavy atom. The van der Waals surface area contributed by atoms with Crippen molar-refractivity contribution < 1.29 is 14.3 Å². The molecule has 1 unspecified atom stereocenters. The van der Waals surface area contributed by atoms with E-state index in [9.17, 15) is 4.79 Å². The summed E-state index contributed by atoms with van der Waals surface area (Å²) in [7, 11) is 1.64. The number of carbonyl (C=O) groups excluding carboxylic acids is 1. The third kappa shape index (κ3) is 5.98. The second-order valence-corrected chi connectivity index (χ2v) is 5.74. The Balaban J connectivity index is 2.64. The smallest absolute Gasteiger partial charge is 0.408 e. The van der Waals surface area contributed by atoms with Gasteiger partial charge in [0.2, 0.25) is 0 Å². The molecule has 0 spiro atoms. The molecule has 19 heavy (non-hydrogen) atoms. The summed E-state index contributed by atoms with van der Waals surface area (Å²) in [5.41, 5.74) is 1.41. The summed E-state index contributed by atoms with van der Waals surface area (Å²) in [5, 5.41) is 2.27. The first-order valence-corrected chi connectivity index (χ1v) is 6.59. The van der Waals surface area contributed by atoms with Gasteiger partial charge in [-0.2, -0.15) is 0 Å². The molecule has 0 saturated carbocycles. The quantitative estimate of drug-likeness (QED) is 0.658. The van der Waals surface area contributed by atoms with Gasteiger partial charge in [-0.05, 0) is 31.9 Å². The van der Waals surface area contributed by atoms with Crippen LogP contribution in [0.5, 0.6) is 0 Å². The van der Waals surface area contributed by atoms with Crippen molar-refractivity contribution in [2.45, 2.75) is 38.4 Å². The van der Waals surface area contributed by atoms with Gasteiger partial charge in [0.05, 0.1) is 6.61 Å². The highest BCUT2D eigenvalue weighted by Crippen LogP contribution is 2.19. The Kier molecular flexibility index (Phi) is 5.69. The molecule has 0 aliphatic heterocycles. The standard InChI is InChI=1S/C14H21NO3S/c1-14(2,3)18-13(16)15-12(19)11-7-5-6-10(8-11)9-17-4/h5-8,12,19H,9H2,1-4H3,(H,15,16). The second-order valence-electron chi connectivity index (χ2n) is 5.23. The first-order valence-electron chi connectivity index (χ1n) is 6.07. The molecule has 1 amide bonds. The molecule has 0 heterocycles. The van der Waals surface area contributed by atoms with E-state index < -0.39 is 17.1 Å². The van der Waals surface area contributed by atoms with E-state index in [1.54, 1.807) is 7.11 Å². The number of ether oxygens (including phenoxy) is 2. The van der Waals surface area contributed by atoms with Gasteiger partial charge in [-0.1, -0.05) is 24.3 Å². The fourth-order valence-corrected chi connectivity index (χ4v) is 1.79. The predicted molar refractivity (Wildman–Crippen MR) is 78.3 cm³/mol. The molecular formula is C14H21NO3S. The predicted octanol–water partition coefficient (Wildman–Crippen LogP) is 3.29. The van der Waals surface area contributed by atoms with Crippen LogP contribution in [0.3, 0.4) is 0 Å². The fourth-order valence-electron chi connectivity index (χ4n) is 1.52. The van der Waals surface area contributed by atoms with Crippen molar-refractivity contribution in [3.63, 3.8) is 0 Å². The minimum Gasteiger partial charge on any atom is -0.444 e. The molecule has 1 atom stereocenters. The third-order valence-corrected chi connectivity index (χ3v) is 2.66. The lowest BCUT2D eigenvalue weighted by atomic mass is 10.1. The molecule has 0 bridgehead atoms. The molecule has 4 nitrogen and oxygen atoms in total. The van der Waals surface area contributed by atoms with Crippen LogP contribution in [0.15, 0.2) is 24.3 Å². The van der Waals surface area contributed by atoms with Crippen molar-refractivity contribution in [2.24, 2.45) is 0 Å². The van der Waals surface area contributed by atoms with Gasteiger partial charge in [-0.25, -0.2) is 4.79 Å². The zero-order valence-corrected chi connectivity index (χ0v) is 12.7. The van der Waals surface area contributed by atoms with Crippen molar-refractivity contribution in [1.29, 1.82) is 0 Å². The topological polar surface area (TPSA) is 47.6 Å². The number of benzene rings is 1. The van der Waals surface area contributed by atoms with E-state index >= 15 is 0 Å². The lowest BCUT2D eigenvalue weighted by molar-refractivity contribution is 0.0522. The van der Waals surface area contributed by atoms with Crippen LogP contribution in [-0.2, 0) is 16.1 Å². The van der Waals surface area contributed by atoms with Crippen LogP contribution in [0, 0.1) is 0 Å². The number of carbonyl (C=O) groups is 1. The number of nitrogens with one attached hydrogen (secondary N) is 1. The number of rotatable bonds is 4. The molecule has 106 valence electrons. The molecule has 1 aromatic carbocycles. The Morgan fingerprint density at radius 1 is 1.42 bits per heavy atom. The molecule has 0 aliphatic carbocycles. The summed E-state index contributed by atoms with van der Waals surface area (Å²) in [4.78, 5) is 11.6. The molecule has 1 N–H and O–H groups in total. The molecule has 1 rings (SSSR count). The number of methoxy groups -OCH3 is 1. The average Bonchev–Trinajstić information content (AvgIpc) is 2.27. The van der Waals surface area contributed by atoms with Crippen molar-refractivity contribution in [2.75, 3.05) is 7.11 Å². The van der Waals surface area contributed by atoms with Crippen LogP contribution < -0.4 is 5.32 Å². The van der Waals surface area contributed by atoms with Crippen LogP contribution in [0.2, 0.25) is 0 Å². The van der Waals surface area contributed by atoms with E-state index in [0.717, 1.165) is 11.1 Å². The van der Waals surface area contributed by atoms with E-state index in [1.165, 1.54) is 0 Å². The summed E-state index contributed by atoms with van der Waals surface area (Å²) >= 11 is 4.37. The van der Waals surface area contributed by atoms with E-state index in [1.807, 2.05) is 45.0 Å². The van der Waals surface area contributed by atoms with Crippen LogP contribution in [0.25, 0.3) is 0 Å². The van der Waals surface area contributed by atoms with Gasteiger partial charge in [0.1, 0.15) is 11.0 Å². The SMILES string of the molecule is COCc1cccc(C(S)NC(=O)OC(C)(C)C)c1. The van der Waals surface area contributed by atoms with E-state index in [0.29, 0.717) is 6.61 Å². The average molecular weight is 283 g/mol. The highest BCUT2D eigenvalue weighted by Gasteiger charge is 2.18. The van der Waals surface area contributed by atoms with Crippen LogP contribution in [-0.4, -0.2) is 18.8 Å². The van der Waals surface area contributed by atoms with Gasteiger partial charge < -0.3 is 14.8 Å². The fraction of sp³-hybridized carbons (Fsp3) is 0.500. The molecule has 0 fully saturated rings. The maximum atomic E-state index is 11.6. The molecule has 1 aromatic rings. The van der Waals surface area contributed by atoms with Gasteiger partial charge in [-0.15, -0.1) is 12.6 Å². The van der Waals surface area contributed by atoms with Gasteiger partial charge >= 0.3 is 6.09 Å². The number of hydrogen-bond acceptors (Lipinski definition) is 4. The molecular weight excluding hydrogens is 262 g/mol. The summed E-state index contributed by atoms with van der Waals surface area (Å²) in [6.45, 7) is 5.98. The van der Waals surface area contributed by atoms with E-state index in [2.05, 4.69) is 17.9 Å². The molecule has 0 radical (unpaired) electrons. The van der Waals surface area contributed by atoms with Gasteiger partial charge in [0.25, 0.3) is 0 Å². The number of alkyl carbamates (subject to hydrolysis) is 1. The molecule has 0 aromatic heterocycles. The summed E-state index contributed by atoms with van der Waals surface area (Å²) < 4.78 is 10.3. The number of amides is 1. The zero-order valence-electron chi connectivity index (χ0n) is 11.8. The summed E-state index contributed by atoms with van der Waals surface area (Å²) in [5.74, 6) is 0. The molecule has 0 saturated heterocycles. The normalized spacial score (nSPS) is 12.9. The maximum absolute atomic E-state index is 11.6. The third-order valence-electron chi connectivity index (χ3n) is 2.23. The number of thiol groups is 1. The minimum atomic E-state index is -0.518.